The Morgan fingerprint density at radius 2 is 2.00 bits per heavy atom. The summed E-state index contributed by atoms with van der Waals surface area (Å²) in [6, 6.07) is 12.5. The van der Waals surface area contributed by atoms with Crippen LogP contribution in [0.1, 0.15) is 24.0 Å². The Labute approximate surface area is 165 Å². The molecule has 2 aromatic carbocycles. The molecular weight excluding hydrogens is 381 g/mol. The monoisotopic (exact) mass is 398 g/mol. The quantitative estimate of drug-likeness (QED) is 0.584. The molecule has 0 aliphatic carbocycles. The van der Waals surface area contributed by atoms with Crippen molar-refractivity contribution in [1.29, 1.82) is 0 Å². The molecule has 1 aliphatic rings. The molecule has 3 aromatic rings. The van der Waals surface area contributed by atoms with Crippen LogP contribution >= 0.6 is 0 Å². The SMILES string of the molecule is O=C(/C=C1\CCCOc2cc(C(F)(F)F)ccc21)Nc1ccc2cccnc2c1. The number of alkyl halides is 3. The largest absolute Gasteiger partial charge is 0.493 e. The summed E-state index contributed by atoms with van der Waals surface area (Å²) in [7, 11) is 0. The van der Waals surface area contributed by atoms with Crippen LogP contribution in [-0.2, 0) is 11.0 Å². The number of nitrogens with one attached hydrogen (secondary N) is 1. The third-order valence-corrected chi connectivity index (χ3v) is 4.68. The van der Waals surface area contributed by atoms with Gasteiger partial charge in [-0.1, -0.05) is 18.2 Å². The minimum absolute atomic E-state index is 0.145. The molecule has 148 valence electrons. The molecule has 1 N–H and O–H groups in total. The Morgan fingerprint density at radius 3 is 2.83 bits per heavy atom. The maximum Gasteiger partial charge on any atom is 0.416 e. The van der Waals surface area contributed by atoms with Crippen LogP contribution in [0.4, 0.5) is 18.9 Å². The van der Waals surface area contributed by atoms with E-state index in [1.807, 2.05) is 18.2 Å². The van der Waals surface area contributed by atoms with Gasteiger partial charge in [-0.2, -0.15) is 13.2 Å². The Kier molecular flexibility index (Phi) is 4.96. The van der Waals surface area contributed by atoms with Gasteiger partial charge in [-0.3, -0.25) is 9.78 Å². The van der Waals surface area contributed by atoms with Gasteiger partial charge in [0.1, 0.15) is 5.75 Å². The summed E-state index contributed by atoms with van der Waals surface area (Å²) < 4.78 is 44.4. The van der Waals surface area contributed by atoms with Crippen molar-refractivity contribution in [2.75, 3.05) is 11.9 Å². The number of pyridine rings is 1. The first kappa shape index (κ1) is 19.0. The zero-order valence-corrected chi connectivity index (χ0v) is 15.3. The van der Waals surface area contributed by atoms with E-state index in [0.717, 1.165) is 23.0 Å². The number of hydrogen-bond donors (Lipinski definition) is 1. The molecule has 1 aromatic heterocycles. The van der Waals surface area contributed by atoms with Gasteiger partial charge in [0, 0.05) is 28.9 Å². The van der Waals surface area contributed by atoms with Crippen LogP contribution in [-0.4, -0.2) is 17.5 Å². The van der Waals surface area contributed by atoms with Crippen LogP contribution in [0.2, 0.25) is 0 Å². The second kappa shape index (κ2) is 7.58. The van der Waals surface area contributed by atoms with Crippen molar-refractivity contribution >= 4 is 28.1 Å². The van der Waals surface area contributed by atoms with E-state index in [-0.39, 0.29) is 11.7 Å². The molecule has 4 nitrogen and oxygen atoms in total. The Bertz CT molecular complexity index is 1110. The van der Waals surface area contributed by atoms with Gasteiger partial charge in [-0.25, -0.2) is 0 Å². The fourth-order valence-electron chi connectivity index (χ4n) is 3.29. The summed E-state index contributed by atoms with van der Waals surface area (Å²) in [6.45, 7) is 0.295. The summed E-state index contributed by atoms with van der Waals surface area (Å²) >= 11 is 0. The zero-order chi connectivity index (χ0) is 20.4. The fourth-order valence-corrected chi connectivity index (χ4v) is 3.29. The van der Waals surface area contributed by atoms with Crippen LogP contribution in [0.3, 0.4) is 0 Å². The average Bonchev–Trinajstić information content (AvgIpc) is 2.89. The normalized spacial score (nSPS) is 15.5. The topological polar surface area (TPSA) is 51.2 Å². The van der Waals surface area contributed by atoms with Gasteiger partial charge in [0.05, 0.1) is 17.7 Å². The number of benzene rings is 2. The summed E-state index contributed by atoms with van der Waals surface area (Å²) in [5.41, 5.74) is 1.72. The predicted octanol–water partition coefficient (Wildman–Crippen LogP) is 5.45. The van der Waals surface area contributed by atoms with Gasteiger partial charge in [-0.05, 0) is 48.7 Å². The summed E-state index contributed by atoms with van der Waals surface area (Å²) in [4.78, 5) is 16.8. The van der Waals surface area contributed by atoms with E-state index in [9.17, 15) is 18.0 Å². The molecule has 29 heavy (non-hydrogen) atoms. The van der Waals surface area contributed by atoms with Crippen LogP contribution in [0.15, 0.2) is 60.8 Å². The second-order valence-corrected chi connectivity index (χ2v) is 6.73. The minimum atomic E-state index is -4.45. The first-order valence-corrected chi connectivity index (χ1v) is 9.11. The Balaban J connectivity index is 1.60. The van der Waals surface area contributed by atoms with Gasteiger partial charge in [0.15, 0.2) is 0 Å². The first-order valence-electron chi connectivity index (χ1n) is 9.11. The van der Waals surface area contributed by atoms with Crippen molar-refractivity contribution in [2.24, 2.45) is 0 Å². The lowest BCUT2D eigenvalue weighted by Gasteiger charge is -2.13. The van der Waals surface area contributed by atoms with Crippen molar-refractivity contribution in [2.45, 2.75) is 19.0 Å². The number of fused-ring (bicyclic) bond motifs is 2. The summed E-state index contributed by atoms with van der Waals surface area (Å²) in [6.07, 6.45) is -0.215. The molecule has 1 aliphatic heterocycles. The van der Waals surface area contributed by atoms with Crippen LogP contribution in [0, 0.1) is 0 Å². The van der Waals surface area contributed by atoms with Crippen molar-refractivity contribution in [1.82, 2.24) is 4.98 Å². The number of aromatic nitrogens is 1. The molecule has 0 spiro atoms. The smallest absolute Gasteiger partial charge is 0.416 e. The van der Waals surface area contributed by atoms with Crippen LogP contribution in [0.25, 0.3) is 16.5 Å². The van der Waals surface area contributed by atoms with E-state index in [4.69, 9.17) is 4.74 Å². The number of rotatable bonds is 2. The van der Waals surface area contributed by atoms with Gasteiger partial charge >= 0.3 is 6.18 Å². The number of ether oxygens (including phenoxy) is 1. The third kappa shape index (κ3) is 4.23. The standard InChI is InChI=1S/C22H17F3N2O2/c23-22(24,25)16-6-8-18-15(4-2-10-29-20(18)12-16)11-21(28)27-17-7-5-14-3-1-9-26-19(14)13-17/h1,3,5-9,11-13H,2,4,10H2,(H,27,28)/b15-11+. The maximum atomic E-state index is 13.0. The molecule has 0 atom stereocenters. The van der Waals surface area contributed by atoms with Gasteiger partial charge < -0.3 is 10.1 Å². The number of carbonyl (C=O) groups is 1. The Morgan fingerprint density at radius 1 is 1.14 bits per heavy atom. The average molecular weight is 398 g/mol. The summed E-state index contributed by atoms with van der Waals surface area (Å²) in [5, 5.41) is 3.75. The molecule has 0 radical (unpaired) electrons. The third-order valence-electron chi connectivity index (χ3n) is 4.68. The lowest BCUT2D eigenvalue weighted by atomic mass is 9.99. The van der Waals surface area contributed by atoms with E-state index in [1.54, 1.807) is 18.3 Å². The van der Waals surface area contributed by atoms with Crippen LogP contribution in [0.5, 0.6) is 5.75 Å². The lowest BCUT2D eigenvalue weighted by Crippen LogP contribution is -2.09. The van der Waals surface area contributed by atoms with Crippen LogP contribution < -0.4 is 10.1 Å². The minimum Gasteiger partial charge on any atom is -0.493 e. The van der Waals surface area contributed by atoms with Crippen molar-refractivity contribution in [3.63, 3.8) is 0 Å². The number of anilines is 1. The highest BCUT2D eigenvalue weighted by atomic mass is 19.4. The van der Waals surface area contributed by atoms with Crippen molar-refractivity contribution in [3.05, 3.63) is 71.9 Å². The molecule has 2 heterocycles. The first-order chi connectivity index (χ1) is 13.9. The zero-order valence-electron chi connectivity index (χ0n) is 15.3. The number of hydrogen-bond acceptors (Lipinski definition) is 3. The maximum absolute atomic E-state index is 13.0. The second-order valence-electron chi connectivity index (χ2n) is 6.73. The molecule has 0 unspecified atom stereocenters. The summed E-state index contributed by atoms with van der Waals surface area (Å²) in [5.74, 6) is -0.214. The van der Waals surface area contributed by atoms with E-state index >= 15 is 0 Å². The van der Waals surface area contributed by atoms with E-state index in [0.29, 0.717) is 36.3 Å². The highest BCUT2D eigenvalue weighted by Crippen LogP contribution is 2.38. The number of nitrogens with zero attached hydrogens (tertiary/aromatic N) is 1. The highest BCUT2D eigenvalue weighted by molar-refractivity contribution is 6.05. The van der Waals surface area contributed by atoms with Gasteiger partial charge in [-0.15, -0.1) is 0 Å². The number of halogens is 3. The lowest BCUT2D eigenvalue weighted by molar-refractivity contribution is -0.137. The van der Waals surface area contributed by atoms with Crippen molar-refractivity contribution < 1.29 is 22.7 Å². The fraction of sp³-hybridized carbons (Fsp3) is 0.182. The van der Waals surface area contributed by atoms with Gasteiger partial charge in [0.25, 0.3) is 0 Å². The molecule has 4 rings (SSSR count). The predicted molar refractivity (Wildman–Crippen MR) is 105 cm³/mol. The molecule has 7 heteroatoms. The highest BCUT2D eigenvalue weighted by Gasteiger charge is 2.32. The van der Waals surface area contributed by atoms with E-state index < -0.39 is 11.7 Å². The number of carbonyl (C=O) groups excluding carboxylic acids is 1. The van der Waals surface area contributed by atoms with E-state index in [1.165, 1.54) is 12.1 Å². The molecule has 0 bridgehead atoms. The Hall–Kier alpha value is -3.35. The number of amides is 1. The number of allylic oxidation sites excluding steroid dienone is 1. The van der Waals surface area contributed by atoms with Crippen molar-refractivity contribution in [3.8, 4) is 5.75 Å². The van der Waals surface area contributed by atoms with E-state index in [2.05, 4.69) is 10.3 Å². The molecular formula is C22H17F3N2O2. The molecule has 1 amide bonds. The molecule has 0 saturated carbocycles. The molecule has 0 saturated heterocycles. The van der Waals surface area contributed by atoms with Gasteiger partial charge in [0.2, 0.25) is 5.91 Å². The molecule has 0 fully saturated rings.